The molecule has 2 aromatic rings. The average Bonchev–Trinajstić information content (AvgIpc) is 2.44. The fourth-order valence-corrected chi connectivity index (χ4v) is 1.66. The first-order valence-corrected chi connectivity index (χ1v) is 6.37. The summed E-state index contributed by atoms with van der Waals surface area (Å²) in [5.41, 5.74) is 0.665. The number of carbonyl (C=O) groups is 1. The average molecular weight is 294 g/mol. The van der Waals surface area contributed by atoms with E-state index in [1.807, 2.05) is 0 Å². The Morgan fingerprint density at radius 3 is 2.55 bits per heavy atom. The summed E-state index contributed by atoms with van der Waals surface area (Å²) >= 11 is 5.71. The highest BCUT2D eigenvalue weighted by molar-refractivity contribution is 6.30. The quantitative estimate of drug-likeness (QED) is 0.909. The van der Waals surface area contributed by atoms with Crippen molar-refractivity contribution in [1.82, 2.24) is 4.98 Å². The van der Waals surface area contributed by atoms with Gasteiger partial charge in [0.25, 0.3) is 0 Å². The zero-order valence-corrected chi connectivity index (χ0v) is 11.5. The van der Waals surface area contributed by atoms with Crippen molar-refractivity contribution in [3.05, 3.63) is 53.4 Å². The van der Waals surface area contributed by atoms with Crippen LogP contribution in [0.5, 0.6) is 0 Å². The number of benzene rings is 1. The van der Waals surface area contributed by atoms with Gasteiger partial charge in [-0.3, -0.25) is 4.79 Å². The lowest BCUT2D eigenvalue weighted by molar-refractivity contribution is -0.116. The molecule has 0 aliphatic heterocycles. The summed E-state index contributed by atoms with van der Waals surface area (Å²) < 4.78 is 12.8. The third kappa shape index (κ3) is 3.93. The summed E-state index contributed by atoms with van der Waals surface area (Å²) in [6, 6.07) is 8.56. The monoisotopic (exact) mass is 293 g/mol. The predicted octanol–water partition coefficient (Wildman–Crippen LogP) is 3.31. The van der Waals surface area contributed by atoms with Crippen LogP contribution in [0.3, 0.4) is 0 Å². The van der Waals surface area contributed by atoms with Crippen LogP contribution < -0.4 is 10.6 Å². The molecule has 20 heavy (non-hydrogen) atoms. The molecular weight excluding hydrogens is 281 g/mol. The lowest BCUT2D eigenvalue weighted by Crippen LogP contribution is -2.32. The zero-order chi connectivity index (χ0) is 14.5. The summed E-state index contributed by atoms with van der Waals surface area (Å²) in [6.45, 7) is 1.70. The van der Waals surface area contributed by atoms with Crippen LogP contribution in [-0.2, 0) is 4.79 Å². The number of amides is 1. The van der Waals surface area contributed by atoms with Gasteiger partial charge in [0.15, 0.2) is 0 Å². The minimum atomic E-state index is -0.488. The van der Waals surface area contributed by atoms with Gasteiger partial charge in [-0.15, -0.1) is 0 Å². The van der Waals surface area contributed by atoms with Gasteiger partial charge in [0.05, 0.1) is 5.02 Å². The number of nitrogens with one attached hydrogen (secondary N) is 2. The number of carbonyl (C=O) groups excluding carboxylic acids is 1. The highest BCUT2D eigenvalue weighted by atomic mass is 35.5. The van der Waals surface area contributed by atoms with E-state index in [4.69, 9.17) is 11.6 Å². The number of nitrogens with zero attached hydrogens (tertiary/aromatic N) is 1. The standard InChI is InChI=1S/C14H13ClFN3O/c1-9(18-12-5-3-11(16)4-6-12)14(20)19-13-7-2-10(15)8-17-13/h2-9,18H,1H3,(H,17,19,20). The van der Waals surface area contributed by atoms with Crippen LogP contribution >= 0.6 is 11.6 Å². The van der Waals surface area contributed by atoms with E-state index in [2.05, 4.69) is 15.6 Å². The Kier molecular flexibility index (Phi) is 4.53. The first-order chi connectivity index (χ1) is 9.54. The van der Waals surface area contributed by atoms with E-state index in [0.717, 1.165) is 0 Å². The van der Waals surface area contributed by atoms with E-state index in [9.17, 15) is 9.18 Å². The molecule has 0 fully saturated rings. The molecule has 0 aliphatic carbocycles. The summed E-state index contributed by atoms with van der Waals surface area (Å²) in [7, 11) is 0. The molecule has 1 atom stereocenters. The maximum Gasteiger partial charge on any atom is 0.247 e. The minimum absolute atomic E-state index is 0.246. The van der Waals surface area contributed by atoms with Crippen LogP contribution in [0.2, 0.25) is 5.02 Å². The first-order valence-electron chi connectivity index (χ1n) is 5.99. The van der Waals surface area contributed by atoms with E-state index >= 15 is 0 Å². The summed E-state index contributed by atoms with van der Waals surface area (Å²) in [5, 5.41) is 6.12. The molecule has 0 aliphatic rings. The van der Waals surface area contributed by atoms with Gasteiger partial charge in [-0.25, -0.2) is 9.37 Å². The van der Waals surface area contributed by atoms with Gasteiger partial charge in [-0.2, -0.15) is 0 Å². The Morgan fingerprint density at radius 2 is 1.95 bits per heavy atom. The van der Waals surface area contributed by atoms with Gasteiger partial charge < -0.3 is 10.6 Å². The Labute approximate surface area is 121 Å². The van der Waals surface area contributed by atoms with Crippen LogP contribution in [0.25, 0.3) is 0 Å². The maximum absolute atomic E-state index is 12.8. The summed E-state index contributed by atoms with van der Waals surface area (Å²) in [5.74, 6) is -0.144. The van der Waals surface area contributed by atoms with E-state index in [1.54, 1.807) is 31.2 Å². The van der Waals surface area contributed by atoms with Crippen molar-refractivity contribution in [2.75, 3.05) is 10.6 Å². The highest BCUT2D eigenvalue weighted by Crippen LogP contribution is 2.12. The molecular formula is C14H13ClFN3O. The van der Waals surface area contributed by atoms with Crippen molar-refractivity contribution in [3.63, 3.8) is 0 Å². The molecule has 1 unspecified atom stereocenters. The smallest absolute Gasteiger partial charge is 0.247 e. The molecule has 1 heterocycles. The van der Waals surface area contributed by atoms with Gasteiger partial charge in [0, 0.05) is 11.9 Å². The second-order valence-corrected chi connectivity index (χ2v) is 4.66. The molecule has 0 radical (unpaired) electrons. The van der Waals surface area contributed by atoms with Gasteiger partial charge in [0.1, 0.15) is 17.7 Å². The molecule has 0 bridgehead atoms. The largest absolute Gasteiger partial charge is 0.374 e. The Balaban J connectivity index is 1.94. The normalized spacial score (nSPS) is 11.8. The molecule has 1 amide bonds. The van der Waals surface area contributed by atoms with Crippen LogP contribution in [0.15, 0.2) is 42.6 Å². The molecule has 1 aromatic carbocycles. The first kappa shape index (κ1) is 14.3. The van der Waals surface area contributed by atoms with Gasteiger partial charge in [0.2, 0.25) is 5.91 Å². The molecule has 1 aromatic heterocycles. The van der Waals surface area contributed by atoms with E-state index < -0.39 is 6.04 Å². The molecule has 0 saturated heterocycles. The van der Waals surface area contributed by atoms with E-state index in [-0.39, 0.29) is 11.7 Å². The molecule has 4 nitrogen and oxygen atoms in total. The van der Waals surface area contributed by atoms with Crippen molar-refractivity contribution in [2.45, 2.75) is 13.0 Å². The summed E-state index contributed by atoms with van der Waals surface area (Å²) in [6.07, 6.45) is 1.45. The van der Waals surface area contributed by atoms with E-state index in [1.165, 1.54) is 18.3 Å². The van der Waals surface area contributed by atoms with Gasteiger partial charge in [-0.05, 0) is 43.3 Å². The number of halogens is 2. The van der Waals surface area contributed by atoms with Gasteiger partial charge >= 0.3 is 0 Å². The highest BCUT2D eigenvalue weighted by Gasteiger charge is 2.13. The lowest BCUT2D eigenvalue weighted by Gasteiger charge is -2.14. The SMILES string of the molecule is CC(Nc1ccc(F)cc1)C(=O)Nc1ccc(Cl)cn1. The molecule has 104 valence electrons. The van der Waals surface area contributed by atoms with Crippen molar-refractivity contribution in [1.29, 1.82) is 0 Å². The number of pyridine rings is 1. The second kappa shape index (κ2) is 6.34. The van der Waals surface area contributed by atoms with Crippen LogP contribution in [0.1, 0.15) is 6.92 Å². The summed E-state index contributed by atoms with van der Waals surface area (Å²) in [4.78, 5) is 15.9. The van der Waals surface area contributed by atoms with Crippen LogP contribution in [0.4, 0.5) is 15.9 Å². The fraction of sp³-hybridized carbons (Fsp3) is 0.143. The topological polar surface area (TPSA) is 54.0 Å². The zero-order valence-electron chi connectivity index (χ0n) is 10.7. The molecule has 6 heteroatoms. The maximum atomic E-state index is 12.8. The Morgan fingerprint density at radius 1 is 1.25 bits per heavy atom. The number of rotatable bonds is 4. The van der Waals surface area contributed by atoms with Crippen molar-refractivity contribution < 1.29 is 9.18 Å². The minimum Gasteiger partial charge on any atom is -0.374 e. The number of anilines is 2. The Bertz CT molecular complexity index is 586. The van der Waals surface area contributed by atoms with Crippen LogP contribution in [0, 0.1) is 5.82 Å². The third-order valence-electron chi connectivity index (χ3n) is 2.60. The lowest BCUT2D eigenvalue weighted by atomic mass is 10.2. The predicted molar refractivity (Wildman–Crippen MR) is 77.4 cm³/mol. The van der Waals surface area contributed by atoms with Crippen molar-refractivity contribution in [2.24, 2.45) is 0 Å². The molecule has 0 saturated carbocycles. The number of aromatic nitrogens is 1. The molecule has 0 spiro atoms. The third-order valence-corrected chi connectivity index (χ3v) is 2.82. The second-order valence-electron chi connectivity index (χ2n) is 4.22. The Hall–Kier alpha value is -2.14. The fourth-order valence-electron chi connectivity index (χ4n) is 1.55. The number of hydrogen-bond acceptors (Lipinski definition) is 3. The van der Waals surface area contributed by atoms with Crippen LogP contribution in [-0.4, -0.2) is 16.9 Å². The number of hydrogen-bond donors (Lipinski definition) is 2. The van der Waals surface area contributed by atoms with Crippen molar-refractivity contribution >= 4 is 29.0 Å². The van der Waals surface area contributed by atoms with Gasteiger partial charge in [-0.1, -0.05) is 11.6 Å². The van der Waals surface area contributed by atoms with E-state index in [0.29, 0.717) is 16.5 Å². The molecule has 2 N–H and O–H groups in total. The van der Waals surface area contributed by atoms with Crippen molar-refractivity contribution in [3.8, 4) is 0 Å². The molecule has 2 rings (SSSR count).